The average molecular weight is 446 g/mol. The number of carbonyl (C=O) groups excluding carboxylic acids is 1. The molecule has 2 aromatic carbocycles. The smallest absolute Gasteiger partial charge is 0.232 e. The molecule has 0 unspecified atom stereocenters. The van der Waals surface area contributed by atoms with Gasteiger partial charge in [-0.2, -0.15) is 0 Å². The topological polar surface area (TPSA) is 54.9 Å². The maximum atomic E-state index is 12.4. The number of thioether (sulfide) groups is 1. The van der Waals surface area contributed by atoms with Crippen LogP contribution in [0.25, 0.3) is 10.2 Å². The lowest BCUT2D eigenvalue weighted by atomic mass is 10.2. The Balaban J connectivity index is 1.34. The molecule has 0 saturated carbocycles. The van der Waals surface area contributed by atoms with E-state index in [1.165, 1.54) is 16.9 Å². The normalized spacial score (nSPS) is 11.1. The van der Waals surface area contributed by atoms with Gasteiger partial charge in [0.1, 0.15) is 4.34 Å². The molecule has 8 heteroatoms. The number of hydrogen-bond donors (Lipinski definition) is 1. The number of rotatable bonds is 6. The standard InChI is InChI=1S/C20H16ClN3OS3/c1-12-5-6-16-17(7-12)28-19(23-16)24-18(25)9-15-11-27-20(22-15)26-10-13-3-2-4-14(21)8-13/h2-8,11H,9-10H2,1H3,(H,23,24,25). The van der Waals surface area contributed by atoms with Crippen molar-refractivity contribution in [1.29, 1.82) is 0 Å². The van der Waals surface area contributed by atoms with Crippen molar-refractivity contribution in [3.8, 4) is 0 Å². The molecule has 0 fully saturated rings. The van der Waals surface area contributed by atoms with Crippen molar-refractivity contribution in [1.82, 2.24) is 9.97 Å². The van der Waals surface area contributed by atoms with Crippen LogP contribution in [-0.2, 0) is 17.0 Å². The lowest BCUT2D eigenvalue weighted by Crippen LogP contribution is -2.14. The minimum Gasteiger partial charge on any atom is -0.302 e. The van der Waals surface area contributed by atoms with Crippen LogP contribution in [0.3, 0.4) is 0 Å². The van der Waals surface area contributed by atoms with Crippen LogP contribution >= 0.6 is 46.0 Å². The monoisotopic (exact) mass is 445 g/mol. The first-order valence-electron chi connectivity index (χ1n) is 8.54. The van der Waals surface area contributed by atoms with Gasteiger partial charge in [-0.3, -0.25) is 4.79 Å². The molecule has 0 aliphatic heterocycles. The van der Waals surface area contributed by atoms with Crippen LogP contribution in [0.1, 0.15) is 16.8 Å². The van der Waals surface area contributed by atoms with Crippen molar-refractivity contribution in [2.24, 2.45) is 0 Å². The Bertz CT molecular complexity index is 1140. The van der Waals surface area contributed by atoms with Gasteiger partial charge in [0.2, 0.25) is 5.91 Å². The maximum absolute atomic E-state index is 12.4. The zero-order valence-corrected chi connectivity index (χ0v) is 18.1. The predicted octanol–water partition coefficient (Wildman–Crippen LogP) is 6.19. The number of fused-ring (bicyclic) bond motifs is 1. The number of carbonyl (C=O) groups is 1. The summed E-state index contributed by atoms with van der Waals surface area (Å²) < 4.78 is 2.02. The van der Waals surface area contributed by atoms with Crippen molar-refractivity contribution in [3.63, 3.8) is 0 Å². The molecule has 1 amide bonds. The molecule has 2 heterocycles. The lowest BCUT2D eigenvalue weighted by Gasteiger charge is -2.00. The quantitative estimate of drug-likeness (QED) is 0.359. The van der Waals surface area contributed by atoms with E-state index in [0.717, 1.165) is 36.6 Å². The Kier molecular flexibility index (Phi) is 5.96. The second-order valence-electron chi connectivity index (χ2n) is 6.24. The molecule has 142 valence electrons. The third-order valence-electron chi connectivity index (χ3n) is 3.91. The largest absolute Gasteiger partial charge is 0.302 e. The van der Waals surface area contributed by atoms with E-state index in [2.05, 4.69) is 21.4 Å². The van der Waals surface area contributed by atoms with E-state index in [9.17, 15) is 4.79 Å². The number of aromatic nitrogens is 2. The fourth-order valence-corrected chi connectivity index (χ4v) is 5.60. The van der Waals surface area contributed by atoms with Crippen molar-refractivity contribution in [3.05, 3.63) is 69.7 Å². The van der Waals surface area contributed by atoms with Gasteiger partial charge >= 0.3 is 0 Å². The molecule has 2 aromatic heterocycles. The van der Waals surface area contributed by atoms with Crippen molar-refractivity contribution in [2.75, 3.05) is 5.32 Å². The van der Waals surface area contributed by atoms with Gasteiger partial charge in [0, 0.05) is 16.2 Å². The summed E-state index contributed by atoms with van der Waals surface area (Å²) in [6.07, 6.45) is 0.239. The molecule has 0 radical (unpaired) electrons. The van der Waals surface area contributed by atoms with Crippen LogP contribution in [0, 0.1) is 6.92 Å². The van der Waals surface area contributed by atoms with E-state index in [0.29, 0.717) is 5.13 Å². The third-order valence-corrected chi connectivity index (χ3v) is 7.22. The number of hydrogen-bond acceptors (Lipinski definition) is 6. The van der Waals surface area contributed by atoms with E-state index in [1.807, 2.05) is 48.7 Å². The van der Waals surface area contributed by atoms with E-state index >= 15 is 0 Å². The number of thiazole rings is 2. The summed E-state index contributed by atoms with van der Waals surface area (Å²) >= 11 is 10.7. The highest BCUT2D eigenvalue weighted by atomic mass is 35.5. The molecular weight excluding hydrogens is 430 g/mol. The van der Waals surface area contributed by atoms with Crippen LogP contribution < -0.4 is 5.32 Å². The van der Waals surface area contributed by atoms with Gasteiger partial charge in [-0.05, 0) is 42.3 Å². The Hall–Kier alpha value is -1.93. The van der Waals surface area contributed by atoms with Gasteiger partial charge in [0.15, 0.2) is 5.13 Å². The number of amides is 1. The minimum absolute atomic E-state index is 0.104. The van der Waals surface area contributed by atoms with E-state index in [1.54, 1.807) is 23.1 Å². The molecule has 0 saturated heterocycles. The Labute approximate surface area is 180 Å². The Morgan fingerprint density at radius 2 is 2.11 bits per heavy atom. The van der Waals surface area contributed by atoms with E-state index in [4.69, 9.17) is 11.6 Å². The first-order chi connectivity index (χ1) is 13.5. The van der Waals surface area contributed by atoms with Crippen LogP contribution in [0.4, 0.5) is 5.13 Å². The first-order valence-corrected chi connectivity index (χ1v) is 11.6. The second-order valence-corrected chi connectivity index (χ2v) is 9.79. The second kappa shape index (κ2) is 8.61. The molecule has 0 bridgehead atoms. The molecule has 0 spiro atoms. The number of halogens is 1. The highest BCUT2D eigenvalue weighted by Crippen LogP contribution is 2.28. The number of anilines is 1. The van der Waals surface area contributed by atoms with Crippen LogP contribution in [0.15, 0.2) is 52.2 Å². The van der Waals surface area contributed by atoms with Gasteiger partial charge < -0.3 is 5.32 Å². The Morgan fingerprint density at radius 1 is 1.21 bits per heavy atom. The molecule has 0 aliphatic rings. The molecule has 0 aliphatic carbocycles. The van der Waals surface area contributed by atoms with Gasteiger partial charge in [-0.25, -0.2) is 9.97 Å². The molecule has 4 aromatic rings. The van der Waals surface area contributed by atoms with Gasteiger partial charge in [0.05, 0.1) is 22.3 Å². The highest BCUT2D eigenvalue weighted by molar-refractivity contribution is 8.00. The van der Waals surface area contributed by atoms with Crippen LogP contribution in [-0.4, -0.2) is 15.9 Å². The predicted molar refractivity (Wildman–Crippen MR) is 120 cm³/mol. The molecule has 4 rings (SSSR count). The summed E-state index contributed by atoms with van der Waals surface area (Å²) in [5, 5.41) is 6.17. The number of benzene rings is 2. The summed E-state index contributed by atoms with van der Waals surface area (Å²) in [4.78, 5) is 21.4. The summed E-state index contributed by atoms with van der Waals surface area (Å²) in [6.45, 7) is 2.04. The van der Waals surface area contributed by atoms with E-state index in [-0.39, 0.29) is 12.3 Å². The zero-order valence-electron chi connectivity index (χ0n) is 14.9. The SMILES string of the molecule is Cc1ccc2nc(NC(=O)Cc3csc(SCc4cccc(Cl)c4)n3)sc2c1. The van der Waals surface area contributed by atoms with Crippen LogP contribution in [0.2, 0.25) is 5.02 Å². The fourth-order valence-electron chi connectivity index (χ4n) is 2.62. The maximum Gasteiger partial charge on any atom is 0.232 e. The highest BCUT2D eigenvalue weighted by Gasteiger charge is 2.11. The van der Waals surface area contributed by atoms with Gasteiger partial charge in [-0.1, -0.05) is 52.9 Å². The number of nitrogens with one attached hydrogen (secondary N) is 1. The number of aryl methyl sites for hydroxylation is 1. The minimum atomic E-state index is -0.104. The number of nitrogens with zero attached hydrogens (tertiary/aromatic N) is 2. The summed E-state index contributed by atoms with van der Waals surface area (Å²) in [5.41, 5.74) is 4.00. The first kappa shape index (κ1) is 19.4. The third kappa shape index (κ3) is 4.91. The Morgan fingerprint density at radius 3 is 2.96 bits per heavy atom. The molecule has 1 N–H and O–H groups in total. The molecule has 0 atom stereocenters. The van der Waals surface area contributed by atoms with Crippen molar-refractivity contribution in [2.45, 2.75) is 23.4 Å². The van der Waals surface area contributed by atoms with Crippen molar-refractivity contribution >= 4 is 67.3 Å². The summed E-state index contributed by atoms with van der Waals surface area (Å²) in [6, 6.07) is 13.9. The summed E-state index contributed by atoms with van der Waals surface area (Å²) in [7, 11) is 0. The lowest BCUT2D eigenvalue weighted by molar-refractivity contribution is -0.115. The van der Waals surface area contributed by atoms with E-state index < -0.39 is 0 Å². The molecule has 4 nitrogen and oxygen atoms in total. The van der Waals surface area contributed by atoms with Gasteiger partial charge in [0.25, 0.3) is 0 Å². The average Bonchev–Trinajstić information content (AvgIpc) is 3.25. The fraction of sp³-hybridized carbons (Fsp3) is 0.150. The van der Waals surface area contributed by atoms with Gasteiger partial charge in [-0.15, -0.1) is 11.3 Å². The van der Waals surface area contributed by atoms with Crippen LogP contribution in [0.5, 0.6) is 0 Å². The summed E-state index contributed by atoms with van der Waals surface area (Å²) in [5.74, 6) is 0.692. The molecular formula is C20H16ClN3OS3. The molecule has 28 heavy (non-hydrogen) atoms. The zero-order chi connectivity index (χ0) is 19.5. The van der Waals surface area contributed by atoms with Crippen molar-refractivity contribution < 1.29 is 4.79 Å².